The van der Waals surface area contributed by atoms with Crippen molar-refractivity contribution in [3.05, 3.63) is 46.8 Å². The van der Waals surface area contributed by atoms with Crippen molar-refractivity contribution in [2.24, 2.45) is 7.05 Å². The molecule has 0 saturated heterocycles. The molecule has 3 aromatic rings. The van der Waals surface area contributed by atoms with E-state index in [1.807, 2.05) is 42.2 Å². The summed E-state index contributed by atoms with van der Waals surface area (Å²) < 4.78 is 2.89. The molecule has 0 bridgehead atoms. The van der Waals surface area contributed by atoms with Gasteiger partial charge in [0.2, 0.25) is 0 Å². The lowest BCUT2D eigenvalue weighted by Gasteiger charge is -2.12. The zero-order chi connectivity index (χ0) is 14.8. The average Bonchev–Trinajstić information content (AvgIpc) is 2.87. The third kappa shape index (κ3) is 2.85. The molecule has 1 aromatic carbocycles. The second kappa shape index (κ2) is 5.73. The second-order valence-electron chi connectivity index (χ2n) is 4.87. The minimum atomic E-state index is 0.658. The number of aryl methyl sites for hydroxylation is 1. The van der Waals surface area contributed by atoms with Crippen LogP contribution in [0.3, 0.4) is 0 Å². The van der Waals surface area contributed by atoms with Crippen LogP contribution in [0.1, 0.15) is 5.69 Å². The molecule has 0 saturated carbocycles. The van der Waals surface area contributed by atoms with Crippen LogP contribution in [-0.4, -0.2) is 21.3 Å². The number of nitrogens with one attached hydrogen (secondary N) is 1. The van der Waals surface area contributed by atoms with E-state index in [0.29, 0.717) is 5.69 Å². The summed E-state index contributed by atoms with van der Waals surface area (Å²) in [4.78, 5) is 4.35. The molecule has 3 N–H and O–H groups in total. The Morgan fingerprint density at radius 3 is 2.95 bits per heavy atom. The Morgan fingerprint density at radius 2 is 2.19 bits per heavy atom. The molecule has 0 radical (unpaired) electrons. The summed E-state index contributed by atoms with van der Waals surface area (Å²) in [7, 11) is 1.95. The van der Waals surface area contributed by atoms with Crippen molar-refractivity contribution in [1.82, 2.24) is 14.8 Å². The van der Waals surface area contributed by atoms with E-state index in [0.717, 1.165) is 34.0 Å². The molecule has 0 aliphatic carbocycles. The first kappa shape index (κ1) is 13.9. The van der Waals surface area contributed by atoms with Gasteiger partial charge in [-0.15, -0.1) is 0 Å². The molecular formula is C15H16BrN5. The summed E-state index contributed by atoms with van der Waals surface area (Å²) in [6, 6.07) is 8.01. The van der Waals surface area contributed by atoms with Crippen LogP contribution in [0.2, 0.25) is 0 Å². The fourth-order valence-electron chi connectivity index (χ4n) is 2.34. The van der Waals surface area contributed by atoms with Gasteiger partial charge < -0.3 is 11.1 Å². The zero-order valence-corrected chi connectivity index (χ0v) is 13.3. The minimum Gasteiger partial charge on any atom is -0.396 e. The molecule has 5 nitrogen and oxygen atoms in total. The van der Waals surface area contributed by atoms with E-state index in [2.05, 4.69) is 31.3 Å². The lowest BCUT2D eigenvalue weighted by molar-refractivity contribution is 0.711. The summed E-state index contributed by atoms with van der Waals surface area (Å²) >= 11 is 3.49. The Bertz CT molecular complexity index is 776. The molecule has 108 valence electrons. The number of pyridine rings is 1. The van der Waals surface area contributed by atoms with Crippen molar-refractivity contribution in [1.29, 1.82) is 0 Å². The van der Waals surface area contributed by atoms with E-state index in [-0.39, 0.29) is 0 Å². The second-order valence-corrected chi connectivity index (χ2v) is 5.79. The highest BCUT2D eigenvalue weighted by molar-refractivity contribution is 9.10. The standard InChI is InChI=1S/C15H16BrN5/c1-21-11(5-7-20-21)4-6-18-15-12-8-10(16)2-3-14(12)19-9-13(15)17/h2-3,5,7-9H,4,6,17H2,1H3,(H,18,19). The molecular weight excluding hydrogens is 330 g/mol. The van der Waals surface area contributed by atoms with Crippen LogP contribution < -0.4 is 11.1 Å². The Hall–Kier alpha value is -2.08. The number of anilines is 2. The quantitative estimate of drug-likeness (QED) is 0.762. The predicted octanol–water partition coefficient (Wildman–Crippen LogP) is 2.97. The van der Waals surface area contributed by atoms with Crippen LogP contribution in [-0.2, 0) is 13.5 Å². The molecule has 0 aliphatic heterocycles. The highest BCUT2D eigenvalue weighted by Gasteiger charge is 2.07. The van der Waals surface area contributed by atoms with E-state index in [9.17, 15) is 0 Å². The monoisotopic (exact) mass is 345 g/mol. The minimum absolute atomic E-state index is 0.658. The van der Waals surface area contributed by atoms with Gasteiger partial charge in [-0.25, -0.2) is 0 Å². The maximum absolute atomic E-state index is 6.07. The summed E-state index contributed by atoms with van der Waals surface area (Å²) in [5.74, 6) is 0. The largest absolute Gasteiger partial charge is 0.396 e. The molecule has 21 heavy (non-hydrogen) atoms. The summed E-state index contributed by atoms with van der Waals surface area (Å²) in [5, 5.41) is 8.61. The summed E-state index contributed by atoms with van der Waals surface area (Å²) in [6.07, 6.45) is 4.39. The number of nitrogens with zero attached hydrogens (tertiary/aromatic N) is 3. The molecule has 0 amide bonds. The van der Waals surface area contributed by atoms with Gasteiger partial charge in [-0.3, -0.25) is 9.67 Å². The molecule has 3 rings (SSSR count). The normalized spacial score (nSPS) is 11.0. The maximum atomic E-state index is 6.07. The number of hydrogen-bond acceptors (Lipinski definition) is 4. The van der Waals surface area contributed by atoms with E-state index < -0.39 is 0 Å². The fraction of sp³-hybridized carbons (Fsp3) is 0.200. The van der Waals surface area contributed by atoms with Crippen molar-refractivity contribution < 1.29 is 0 Å². The average molecular weight is 346 g/mol. The lowest BCUT2D eigenvalue weighted by atomic mass is 10.1. The lowest BCUT2D eigenvalue weighted by Crippen LogP contribution is -2.10. The topological polar surface area (TPSA) is 68.8 Å². The number of hydrogen-bond donors (Lipinski definition) is 2. The van der Waals surface area contributed by atoms with Gasteiger partial charge in [0, 0.05) is 41.8 Å². The van der Waals surface area contributed by atoms with Crippen molar-refractivity contribution in [2.45, 2.75) is 6.42 Å². The number of rotatable bonds is 4. The first-order chi connectivity index (χ1) is 10.1. The molecule has 0 aliphatic rings. The van der Waals surface area contributed by atoms with E-state index in [1.54, 1.807) is 6.20 Å². The number of benzene rings is 1. The van der Waals surface area contributed by atoms with Crippen LogP contribution in [0.25, 0.3) is 10.9 Å². The van der Waals surface area contributed by atoms with Gasteiger partial charge in [0.15, 0.2) is 0 Å². The highest BCUT2D eigenvalue weighted by atomic mass is 79.9. The van der Waals surface area contributed by atoms with Crippen molar-refractivity contribution in [3.8, 4) is 0 Å². The molecule has 0 atom stereocenters. The molecule has 2 aromatic heterocycles. The molecule has 0 unspecified atom stereocenters. The van der Waals surface area contributed by atoms with Gasteiger partial charge >= 0.3 is 0 Å². The van der Waals surface area contributed by atoms with Gasteiger partial charge in [-0.05, 0) is 24.3 Å². The number of nitrogens with two attached hydrogens (primary N) is 1. The van der Waals surface area contributed by atoms with E-state index in [4.69, 9.17) is 5.73 Å². The third-order valence-electron chi connectivity index (χ3n) is 3.46. The molecule has 2 heterocycles. The Balaban J connectivity index is 1.84. The Kier molecular flexibility index (Phi) is 3.79. The SMILES string of the molecule is Cn1nccc1CCNc1c(N)cnc2ccc(Br)cc12. The van der Waals surface area contributed by atoms with Gasteiger partial charge in [0.25, 0.3) is 0 Å². The van der Waals surface area contributed by atoms with E-state index >= 15 is 0 Å². The van der Waals surface area contributed by atoms with Gasteiger partial charge in [0.05, 0.1) is 23.1 Å². The number of nitrogen functional groups attached to an aromatic ring is 1. The molecule has 0 spiro atoms. The first-order valence-electron chi connectivity index (χ1n) is 6.69. The smallest absolute Gasteiger partial charge is 0.0743 e. The zero-order valence-electron chi connectivity index (χ0n) is 11.7. The van der Waals surface area contributed by atoms with Gasteiger partial charge in [-0.1, -0.05) is 15.9 Å². The van der Waals surface area contributed by atoms with Crippen molar-refractivity contribution in [2.75, 3.05) is 17.6 Å². The third-order valence-corrected chi connectivity index (χ3v) is 3.96. The highest BCUT2D eigenvalue weighted by Crippen LogP contribution is 2.29. The van der Waals surface area contributed by atoms with Crippen LogP contribution in [0.15, 0.2) is 41.1 Å². The Morgan fingerprint density at radius 1 is 1.33 bits per heavy atom. The number of halogens is 1. The Labute approximate surface area is 131 Å². The predicted molar refractivity (Wildman–Crippen MR) is 89.3 cm³/mol. The van der Waals surface area contributed by atoms with Crippen LogP contribution in [0, 0.1) is 0 Å². The first-order valence-corrected chi connectivity index (χ1v) is 7.49. The number of fused-ring (bicyclic) bond motifs is 1. The van der Waals surface area contributed by atoms with Gasteiger partial charge in [0.1, 0.15) is 0 Å². The van der Waals surface area contributed by atoms with Crippen molar-refractivity contribution in [3.63, 3.8) is 0 Å². The van der Waals surface area contributed by atoms with Crippen LogP contribution >= 0.6 is 15.9 Å². The van der Waals surface area contributed by atoms with E-state index in [1.165, 1.54) is 5.69 Å². The van der Waals surface area contributed by atoms with Crippen LogP contribution in [0.5, 0.6) is 0 Å². The maximum Gasteiger partial charge on any atom is 0.0743 e. The van der Waals surface area contributed by atoms with Gasteiger partial charge in [-0.2, -0.15) is 5.10 Å². The number of aromatic nitrogens is 3. The molecule has 6 heteroatoms. The van der Waals surface area contributed by atoms with Crippen LogP contribution in [0.4, 0.5) is 11.4 Å². The fourth-order valence-corrected chi connectivity index (χ4v) is 2.70. The summed E-state index contributed by atoms with van der Waals surface area (Å²) in [5.41, 5.74) is 9.77. The summed E-state index contributed by atoms with van der Waals surface area (Å²) in [6.45, 7) is 0.787. The molecule has 0 fully saturated rings. The van der Waals surface area contributed by atoms with Crippen molar-refractivity contribution >= 4 is 38.2 Å².